The van der Waals surface area contributed by atoms with Crippen LogP contribution in [-0.2, 0) is 4.74 Å². The fourth-order valence-corrected chi connectivity index (χ4v) is 1.76. The summed E-state index contributed by atoms with van der Waals surface area (Å²) in [6, 6.07) is 0.930. The molecule has 4 atom stereocenters. The van der Waals surface area contributed by atoms with E-state index >= 15 is 0 Å². The van der Waals surface area contributed by atoms with Crippen LogP contribution < -0.4 is 11.2 Å². The first-order valence-electron chi connectivity index (χ1n) is 5.05. The van der Waals surface area contributed by atoms with Crippen molar-refractivity contribution in [1.82, 2.24) is 9.55 Å². The molecule has 0 saturated carbocycles. The first kappa shape index (κ1) is 15.8. The van der Waals surface area contributed by atoms with E-state index in [9.17, 15) is 24.2 Å². The number of nitrogens with one attached hydrogen (secondary N) is 1. The van der Waals surface area contributed by atoms with Crippen LogP contribution in [0.3, 0.4) is 0 Å². The van der Waals surface area contributed by atoms with Gasteiger partial charge in [-0.2, -0.15) is 0 Å². The number of ether oxygens (including phenoxy) is 1. The van der Waals surface area contributed by atoms with Crippen molar-refractivity contribution in [3.05, 3.63) is 33.1 Å². The molecule has 8 nitrogen and oxygen atoms in total. The van der Waals surface area contributed by atoms with Gasteiger partial charge in [0.2, 0.25) is 0 Å². The molecule has 1 saturated heterocycles. The predicted molar refractivity (Wildman–Crippen MR) is 61.6 cm³/mol. The molecule has 1 fully saturated rings. The summed E-state index contributed by atoms with van der Waals surface area (Å²) in [5, 5.41) is 27.7. The zero-order valence-electron chi connectivity index (χ0n) is 9.39. The highest BCUT2D eigenvalue weighted by atomic mass is 35.5. The third-order valence-corrected chi connectivity index (χ3v) is 2.70. The summed E-state index contributed by atoms with van der Waals surface area (Å²) in [4.78, 5) is 24.1. The van der Waals surface area contributed by atoms with E-state index in [1.807, 2.05) is 4.98 Å². The maximum absolute atomic E-state index is 13.9. The quantitative estimate of drug-likeness (QED) is 0.494. The molecule has 0 aromatic carbocycles. The predicted octanol–water partition coefficient (Wildman–Crippen LogP) is -2.13. The molecule has 2 rings (SSSR count). The van der Waals surface area contributed by atoms with E-state index in [2.05, 4.69) is 0 Å². The maximum atomic E-state index is 13.9. The lowest BCUT2D eigenvalue weighted by molar-refractivity contribution is -0.197. The second-order valence-electron chi connectivity index (χ2n) is 3.90. The molecule has 0 unspecified atom stereocenters. The molecule has 0 aliphatic carbocycles. The van der Waals surface area contributed by atoms with Gasteiger partial charge in [-0.1, -0.05) is 0 Å². The van der Waals surface area contributed by atoms with Crippen molar-refractivity contribution in [3.8, 4) is 0 Å². The van der Waals surface area contributed by atoms with Crippen molar-refractivity contribution in [2.75, 3.05) is 6.61 Å². The number of alkyl halides is 1. The summed E-state index contributed by atoms with van der Waals surface area (Å²) < 4.78 is 19.3. The van der Waals surface area contributed by atoms with Gasteiger partial charge in [0.15, 0.2) is 6.23 Å². The monoisotopic (exact) mass is 298 g/mol. The Balaban J connectivity index is 0.00000180. The number of aromatic amines is 1. The van der Waals surface area contributed by atoms with Crippen LogP contribution >= 0.6 is 12.4 Å². The Morgan fingerprint density at radius 3 is 2.63 bits per heavy atom. The van der Waals surface area contributed by atoms with Crippen LogP contribution in [0.5, 0.6) is 0 Å². The van der Waals surface area contributed by atoms with Crippen LogP contribution in [-0.4, -0.2) is 49.5 Å². The van der Waals surface area contributed by atoms with E-state index in [1.54, 1.807) is 0 Å². The summed E-state index contributed by atoms with van der Waals surface area (Å²) in [6.45, 7) is -0.734. The van der Waals surface area contributed by atoms with Gasteiger partial charge >= 0.3 is 5.69 Å². The lowest BCUT2D eigenvalue weighted by Crippen LogP contribution is -2.45. The number of rotatable bonds is 2. The number of aliphatic hydroxyl groups is 3. The Labute approximate surface area is 111 Å². The third kappa shape index (κ3) is 2.55. The average Bonchev–Trinajstić information content (AvgIpc) is 2.52. The Morgan fingerprint density at radius 1 is 1.53 bits per heavy atom. The van der Waals surface area contributed by atoms with Crippen molar-refractivity contribution < 1.29 is 24.4 Å². The molecule has 4 N–H and O–H groups in total. The number of nitrogens with zero attached hydrogens (tertiary/aromatic N) is 1. The molecule has 0 bridgehead atoms. The van der Waals surface area contributed by atoms with Gasteiger partial charge in [0.05, 0.1) is 6.61 Å². The zero-order chi connectivity index (χ0) is 13.5. The summed E-state index contributed by atoms with van der Waals surface area (Å²) >= 11 is 0. The highest BCUT2D eigenvalue weighted by molar-refractivity contribution is 5.85. The van der Waals surface area contributed by atoms with Crippen molar-refractivity contribution in [2.45, 2.75) is 24.3 Å². The molecule has 19 heavy (non-hydrogen) atoms. The van der Waals surface area contributed by atoms with Crippen LogP contribution in [0.25, 0.3) is 0 Å². The van der Waals surface area contributed by atoms with E-state index in [-0.39, 0.29) is 12.4 Å². The summed E-state index contributed by atoms with van der Waals surface area (Å²) in [5.74, 6) is -3.25. The van der Waals surface area contributed by atoms with Gasteiger partial charge in [-0.15, -0.1) is 12.4 Å². The minimum absolute atomic E-state index is 0. The van der Waals surface area contributed by atoms with Gasteiger partial charge in [-0.05, 0) is 0 Å². The molecule has 1 aromatic heterocycles. The molecule has 2 heterocycles. The molecule has 10 heteroatoms. The standard InChI is InChI=1S/C9H11FN2O6.ClH/c10-9(17)6(15)4(3-13)18-7(9)12-2-1-5(14)11-8(12)16;/h1-2,4,6-7,13,15,17H,3H2,(H,11,14,16);1H/t4-,6-,7-,9-;/m1./s1. The number of halogens is 2. The second-order valence-corrected chi connectivity index (χ2v) is 3.90. The van der Waals surface area contributed by atoms with Crippen LogP contribution in [0.15, 0.2) is 21.9 Å². The fraction of sp³-hybridized carbons (Fsp3) is 0.556. The molecular formula is C9H12ClFN2O6. The summed E-state index contributed by atoms with van der Waals surface area (Å²) in [5.41, 5.74) is -1.70. The Hall–Kier alpha value is -1.26. The molecule has 0 radical (unpaired) electrons. The number of H-pyrrole nitrogens is 1. The van der Waals surface area contributed by atoms with Gasteiger partial charge in [0.25, 0.3) is 11.4 Å². The van der Waals surface area contributed by atoms with Crippen molar-refractivity contribution in [3.63, 3.8) is 0 Å². The first-order chi connectivity index (χ1) is 8.37. The smallest absolute Gasteiger partial charge is 0.330 e. The fourth-order valence-electron chi connectivity index (χ4n) is 1.76. The lowest BCUT2D eigenvalue weighted by atomic mass is 10.1. The number of hydrogen-bond donors (Lipinski definition) is 4. The SMILES string of the molecule is Cl.O=c1ccn([C@@H]2O[C@H](CO)[C@@H](O)[C@]2(O)F)c(=O)[nH]1. The molecule has 1 aliphatic rings. The number of aromatic nitrogens is 2. The first-order valence-corrected chi connectivity index (χ1v) is 5.05. The Morgan fingerprint density at radius 2 is 2.16 bits per heavy atom. The lowest BCUT2D eigenvalue weighted by Gasteiger charge is -2.23. The van der Waals surface area contributed by atoms with Crippen LogP contribution in [0.1, 0.15) is 6.23 Å². The topological polar surface area (TPSA) is 125 Å². The highest BCUT2D eigenvalue weighted by Crippen LogP contribution is 2.38. The molecule has 1 aliphatic heterocycles. The van der Waals surface area contributed by atoms with Crippen molar-refractivity contribution in [2.24, 2.45) is 0 Å². The van der Waals surface area contributed by atoms with Crippen LogP contribution in [0.2, 0.25) is 0 Å². The van der Waals surface area contributed by atoms with Gasteiger partial charge in [0.1, 0.15) is 12.2 Å². The Kier molecular flexibility index (Phi) is 4.48. The van der Waals surface area contributed by atoms with Crippen LogP contribution in [0.4, 0.5) is 4.39 Å². The highest BCUT2D eigenvalue weighted by Gasteiger charge is 2.57. The second kappa shape index (κ2) is 5.39. The Bertz CT molecular complexity index is 558. The van der Waals surface area contributed by atoms with Crippen molar-refractivity contribution >= 4 is 12.4 Å². The number of aliphatic hydroxyl groups excluding tert-OH is 2. The summed E-state index contributed by atoms with van der Waals surface area (Å²) in [6.07, 6.45) is -4.31. The normalized spacial score (nSPS) is 34.0. The number of hydrogen-bond acceptors (Lipinski definition) is 6. The minimum Gasteiger partial charge on any atom is -0.394 e. The molecular weight excluding hydrogens is 287 g/mol. The van der Waals surface area contributed by atoms with E-state index < -0.39 is 42.1 Å². The third-order valence-electron chi connectivity index (χ3n) is 2.70. The molecule has 0 spiro atoms. The van der Waals surface area contributed by atoms with Gasteiger partial charge < -0.3 is 20.1 Å². The van der Waals surface area contributed by atoms with E-state index in [0.29, 0.717) is 4.57 Å². The van der Waals surface area contributed by atoms with Gasteiger partial charge in [0, 0.05) is 12.3 Å². The molecule has 108 valence electrons. The van der Waals surface area contributed by atoms with E-state index in [4.69, 9.17) is 9.84 Å². The zero-order valence-corrected chi connectivity index (χ0v) is 10.2. The van der Waals surface area contributed by atoms with Crippen LogP contribution in [0, 0.1) is 0 Å². The van der Waals surface area contributed by atoms with Crippen molar-refractivity contribution in [1.29, 1.82) is 0 Å². The van der Waals surface area contributed by atoms with Gasteiger partial charge in [-0.25, -0.2) is 9.18 Å². The molecule has 1 aromatic rings. The van der Waals surface area contributed by atoms with Gasteiger partial charge in [-0.3, -0.25) is 14.3 Å². The maximum Gasteiger partial charge on any atom is 0.330 e. The minimum atomic E-state index is -3.25. The summed E-state index contributed by atoms with van der Waals surface area (Å²) in [7, 11) is 0. The largest absolute Gasteiger partial charge is 0.394 e. The molecule has 0 amide bonds. The van der Waals surface area contributed by atoms with E-state index in [1.165, 1.54) is 0 Å². The van der Waals surface area contributed by atoms with E-state index in [0.717, 1.165) is 12.3 Å². The average molecular weight is 299 g/mol.